The van der Waals surface area contributed by atoms with Gasteiger partial charge in [0.25, 0.3) is 0 Å². The first kappa shape index (κ1) is 10.9. The van der Waals surface area contributed by atoms with Gasteiger partial charge in [0.15, 0.2) is 5.60 Å². The fourth-order valence-corrected chi connectivity index (χ4v) is 3.62. The van der Waals surface area contributed by atoms with E-state index in [0.717, 1.165) is 19.3 Å². The van der Waals surface area contributed by atoms with Crippen molar-refractivity contribution >= 4 is 5.97 Å². The molecular weight excluding hydrogens is 192 g/mol. The molecule has 0 aliphatic heterocycles. The number of aliphatic hydroxyl groups is 1. The van der Waals surface area contributed by atoms with E-state index in [9.17, 15) is 15.0 Å². The number of carboxylic acids is 1. The average molecular weight is 212 g/mol. The molecule has 0 amide bonds. The lowest BCUT2D eigenvalue weighted by Crippen LogP contribution is -2.52. The lowest BCUT2D eigenvalue weighted by atomic mass is 9.71. The summed E-state index contributed by atoms with van der Waals surface area (Å²) in [6.45, 7) is 3.61. The molecule has 4 unspecified atom stereocenters. The van der Waals surface area contributed by atoms with E-state index in [1.807, 2.05) is 0 Å². The number of aliphatic carboxylic acids is 1. The Morgan fingerprint density at radius 2 is 2.00 bits per heavy atom. The molecule has 2 fully saturated rings. The molecule has 0 aromatic carbocycles. The highest BCUT2D eigenvalue weighted by Crippen LogP contribution is 2.53. The van der Waals surface area contributed by atoms with Crippen molar-refractivity contribution in [1.82, 2.24) is 0 Å². The summed E-state index contributed by atoms with van der Waals surface area (Å²) in [5, 5.41) is 19.6. The molecule has 2 aliphatic rings. The fourth-order valence-electron chi connectivity index (χ4n) is 3.62. The largest absolute Gasteiger partial charge is 0.479 e. The maximum Gasteiger partial charge on any atom is 0.336 e. The predicted molar refractivity (Wildman–Crippen MR) is 56.4 cm³/mol. The molecule has 86 valence electrons. The van der Waals surface area contributed by atoms with Gasteiger partial charge in [0.05, 0.1) is 0 Å². The van der Waals surface area contributed by atoms with Gasteiger partial charge in [0.2, 0.25) is 0 Å². The third-order valence-corrected chi connectivity index (χ3v) is 4.53. The third kappa shape index (κ3) is 1.48. The third-order valence-electron chi connectivity index (χ3n) is 4.53. The SMILES string of the molecule is CC(C)C(O)(C(=O)O)C1CC2CCC1C2. The van der Waals surface area contributed by atoms with Crippen LogP contribution in [0.3, 0.4) is 0 Å². The molecule has 15 heavy (non-hydrogen) atoms. The van der Waals surface area contributed by atoms with Crippen molar-refractivity contribution in [2.45, 2.75) is 45.1 Å². The monoisotopic (exact) mass is 212 g/mol. The average Bonchev–Trinajstić information content (AvgIpc) is 2.76. The summed E-state index contributed by atoms with van der Waals surface area (Å²) in [6, 6.07) is 0. The van der Waals surface area contributed by atoms with Crippen molar-refractivity contribution in [2.75, 3.05) is 0 Å². The zero-order valence-corrected chi connectivity index (χ0v) is 9.44. The molecule has 3 nitrogen and oxygen atoms in total. The van der Waals surface area contributed by atoms with Crippen LogP contribution in [0.25, 0.3) is 0 Å². The molecule has 0 aromatic rings. The van der Waals surface area contributed by atoms with E-state index in [1.54, 1.807) is 13.8 Å². The Morgan fingerprint density at radius 3 is 2.33 bits per heavy atom. The van der Waals surface area contributed by atoms with Gasteiger partial charge in [-0.1, -0.05) is 20.3 Å². The van der Waals surface area contributed by atoms with Crippen LogP contribution in [0.2, 0.25) is 0 Å². The molecule has 2 rings (SSSR count). The first-order valence-electron chi connectivity index (χ1n) is 5.92. The van der Waals surface area contributed by atoms with Crippen molar-refractivity contribution in [2.24, 2.45) is 23.7 Å². The highest BCUT2D eigenvalue weighted by atomic mass is 16.4. The second-order valence-electron chi connectivity index (χ2n) is 5.57. The molecule has 2 bridgehead atoms. The fraction of sp³-hybridized carbons (Fsp3) is 0.917. The number of rotatable bonds is 3. The Kier molecular flexibility index (Phi) is 2.53. The van der Waals surface area contributed by atoms with Gasteiger partial charge in [-0.15, -0.1) is 0 Å². The van der Waals surface area contributed by atoms with Crippen LogP contribution in [0.4, 0.5) is 0 Å². The highest BCUT2D eigenvalue weighted by Gasteiger charge is 2.55. The Balaban J connectivity index is 2.23. The van der Waals surface area contributed by atoms with Crippen LogP contribution in [0.15, 0.2) is 0 Å². The van der Waals surface area contributed by atoms with Gasteiger partial charge in [0.1, 0.15) is 0 Å². The maximum atomic E-state index is 11.3. The summed E-state index contributed by atoms with van der Waals surface area (Å²) in [5.74, 6) is -0.147. The van der Waals surface area contributed by atoms with Crippen molar-refractivity contribution in [3.05, 3.63) is 0 Å². The van der Waals surface area contributed by atoms with Gasteiger partial charge in [-0.2, -0.15) is 0 Å². The molecule has 3 heteroatoms. The molecule has 0 radical (unpaired) electrons. The minimum Gasteiger partial charge on any atom is -0.479 e. The van der Waals surface area contributed by atoms with Crippen molar-refractivity contribution in [1.29, 1.82) is 0 Å². The van der Waals surface area contributed by atoms with Crippen molar-refractivity contribution in [3.8, 4) is 0 Å². The Hall–Kier alpha value is -0.570. The predicted octanol–water partition coefficient (Wildman–Crippen LogP) is 1.89. The molecule has 4 atom stereocenters. The molecule has 0 spiro atoms. The second kappa shape index (κ2) is 3.48. The van der Waals surface area contributed by atoms with Crippen molar-refractivity contribution in [3.63, 3.8) is 0 Å². The van der Waals surface area contributed by atoms with E-state index in [2.05, 4.69) is 0 Å². The van der Waals surface area contributed by atoms with Crippen LogP contribution in [-0.4, -0.2) is 21.8 Å². The zero-order valence-electron chi connectivity index (χ0n) is 9.44. The molecule has 2 saturated carbocycles. The molecule has 0 aromatic heterocycles. The smallest absolute Gasteiger partial charge is 0.336 e. The standard InChI is InChI=1S/C12H20O3/c1-7(2)12(15,11(13)14)10-6-8-3-4-9(10)5-8/h7-10,15H,3-6H2,1-2H3,(H,13,14). The van der Waals surface area contributed by atoms with E-state index < -0.39 is 11.6 Å². The van der Waals surface area contributed by atoms with Crippen LogP contribution in [0.1, 0.15) is 39.5 Å². The highest BCUT2D eigenvalue weighted by molar-refractivity contribution is 5.78. The lowest BCUT2D eigenvalue weighted by molar-refractivity contribution is -0.175. The van der Waals surface area contributed by atoms with Crippen LogP contribution in [0, 0.1) is 23.7 Å². The van der Waals surface area contributed by atoms with Crippen LogP contribution < -0.4 is 0 Å². The Morgan fingerprint density at radius 1 is 1.33 bits per heavy atom. The van der Waals surface area contributed by atoms with Gasteiger partial charge < -0.3 is 10.2 Å². The van der Waals surface area contributed by atoms with E-state index in [1.165, 1.54) is 6.42 Å². The molecule has 2 aliphatic carbocycles. The van der Waals surface area contributed by atoms with E-state index in [0.29, 0.717) is 11.8 Å². The normalized spacial score (nSPS) is 38.3. The zero-order chi connectivity index (χ0) is 11.2. The first-order valence-corrected chi connectivity index (χ1v) is 5.92. The molecule has 2 N–H and O–H groups in total. The molecule has 0 saturated heterocycles. The molecule has 0 heterocycles. The number of hydrogen-bond donors (Lipinski definition) is 2. The molecular formula is C12H20O3. The number of carbonyl (C=O) groups is 1. The summed E-state index contributed by atoms with van der Waals surface area (Å²) >= 11 is 0. The van der Waals surface area contributed by atoms with Gasteiger partial charge in [-0.25, -0.2) is 4.79 Å². The lowest BCUT2D eigenvalue weighted by Gasteiger charge is -2.38. The number of carboxylic acid groups (broad SMARTS) is 1. The quantitative estimate of drug-likeness (QED) is 0.751. The maximum absolute atomic E-state index is 11.3. The van der Waals surface area contributed by atoms with Gasteiger partial charge in [-0.05, 0) is 37.0 Å². The number of fused-ring (bicyclic) bond motifs is 2. The summed E-state index contributed by atoms with van der Waals surface area (Å²) in [5.41, 5.74) is -1.50. The topological polar surface area (TPSA) is 57.5 Å². The van der Waals surface area contributed by atoms with Crippen LogP contribution >= 0.6 is 0 Å². The minimum atomic E-state index is -1.50. The minimum absolute atomic E-state index is 0.0197. The first-order chi connectivity index (χ1) is 6.96. The summed E-state index contributed by atoms with van der Waals surface area (Å²) in [7, 11) is 0. The second-order valence-corrected chi connectivity index (χ2v) is 5.57. The summed E-state index contributed by atoms with van der Waals surface area (Å²) in [4.78, 5) is 11.3. The number of hydrogen-bond acceptors (Lipinski definition) is 2. The van der Waals surface area contributed by atoms with E-state index in [4.69, 9.17) is 0 Å². The van der Waals surface area contributed by atoms with E-state index >= 15 is 0 Å². The van der Waals surface area contributed by atoms with Gasteiger partial charge >= 0.3 is 5.97 Å². The Labute approximate surface area is 90.5 Å². The van der Waals surface area contributed by atoms with Gasteiger partial charge in [-0.3, -0.25) is 0 Å². The van der Waals surface area contributed by atoms with Crippen molar-refractivity contribution < 1.29 is 15.0 Å². The van der Waals surface area contributed by atoms with Crippen LogP contribution in [-0.2, 0) is 4.79 Å². The Bertz CT molecular complexity index is 274. The van der Waals surface area contributed by atoms with Crippen LogP contribution in [0.5, 0.6) is 0 Å². The van der Waals surface area contributed by atoms with E-state index in [-0.39, 0.29) is 11.8 Å². The summed E-state index contributed by atoms with van der Waals surface area (Å²) in [6.07, 6.45) is 4.38. The summed E-state index contributed by atoms with van der Waals surface area (Å²) < 4.78 is 0. The van der Waals surface area contributed by atoms with Gasteiger partial charge in [0, 0.05) is 5.92 Å².